The maximum atomic E-state index is 9.27. The van der Waals surface area contributed by atoms with Crippen molar-refractivity contribution in [1.29, 1.82) is 0 Å². The zero-order valence-electron chi connectivity index (χ0n) is 8.96. The molecule has 0 radical (unpaired) electrons. The Labute approximate surface area is 86.0 Å². The van der Waals surface area contributed by atoms with Gasteiger partial charge in [0.05, 0.1) is 12.6 Å². The Morgan fingerprint density at radius 2 is 2.00 bits per heavy atom. The summed E-state index contributed by atoms with van der Waals surface area (Å²) in [6.07, 6.45) is 1.01. The summed E-state index contributed by atoms with van der Waals surface area (Å²) in [6, 6.07) is 8.35. The zero-order valence-corrected chi connectivity index (χ0v) is 8.96. The van der Waals surface area contributed by atoms with Crippen LogP contribution in [0, 0.1) is 0 Å². The van der Waals surface area contributed by atoms with Crippen molar-refractivity contribution in [2.24, 2.45) is 0 Å². The lowest BCUT2D eigenvalue weighted by molar-refractivity contribution is 0.246. The van der Waals surface area contributed by atoms with E-state index in [2.05, 4.69) is 31.3 Å². The van der Waals surface area contributed by atoms with Gasteiger partial charge in [-0.05, 0) is 24.1 Å². The minimum Gasteiger partial charge on any atom is -0.394 e. The first-order chi connectivity index (χ1) is 6.83. The van der Waals surface area contributed by atoms with Crippen LogP contribution in [0.3, 0.4) is 0 Å². The number of aliphatic hydroxyl groups is 1. The van der Waals surface area contributed by atoms with Gasteiger partial charge in [0.25, 0.3) is 0 Å². The first-order valence-electron chi connectivity index (χ1n) is 5.25. The maximum absolute atomic E-state index is 9.27. The van der Waals surface area contributed by atoms with Crippen molar-refractivity contribution < 1.29 is 5.11 Å². The molecule has 2 nitrogen and oxygen atoms in total. The minimum absolute atomic E-state index is 0.0798. The molecular weight excluding hydrogens is 174 g/mol. The molecule has 0 aliphatic heterocycles. The molecule has 2 heteroatoms. The van der Waals surface area contributed by atoms with E-state index in [-0.39, 0.29) is 12.6 Å². The Hall–Kier alpha value is -0.860. The van der Waals surface area contributed by atoms with Crippen LogP contribution in [0.2, 0.25) is 0 Å². The number of rotatable bonds is 5. The molecule has 0 saturated heterocycles. The van der Waals surface area contributed by atoms with Crippen molar-refractivity contribution in [3.8, 4) is 0 Å². The lowest BCUT2D eigenvalue weighted by Crippen LogP contribution is -2.24. The van der Waals surface area contributed by atoms with Crippen LogP contribution in [-0.4, -0.2) is 18.3 Å². The van der Waals surface area contributed by atoms with Crippen LogP contribution in [0.25, 0.3) is 0 Å². The SMILES string of the molecule is CCNC(CO)c1ccccc1CC. The zero-order chi connectivity index (χ0) is 10.4. The highest BCUT2D eigenvalue weighted by atomic mass is 16.3. The number of nitrogens with one attached hydrogen (secondary N) is 1. The molecule has 1 atom stereocenters. The largest absolute Gasteiger partial charge is 0.394 e. The van der Waals surface area contributed by atoms with Gasteiger partial charge in [-0.3, -0.25) is 0 Å². The monoisotopic (exact) mass is 193 g/mol. The molecule has 0 spiro atoms. The smallest absolute Gasteiger partial charge is 0.0626 e. The lowest BCUT2D eigenvalue weighted by Gasteiger charge is -2.18. The molecule has 0 heterocycles. The summed E-state index contributed by atoms with van der Waals surface area (Å²) in [4.78, 5) is 0. The second-order valence-electron chi connectivity index (χ2n) is 3.35. The summed E-state index contributed by atoms with van der Waals surface area (Å²) in [5.41, 5.74) is 2.53. The Morgan fingerprint density at radius 1 is 1.29 bits per heavy atom. The predicted molar refractivity (Wildman–Crippen MR) is 59.3 cm³/mol. The second kappa shape index (κ2) is 5.78. The van der Waals surface area contributed by atoms with Crippen molar-refractivity contribution in [3.05, 3.63) is 35.4 Å². The topological polar surface area (TPSA) is 32.3 Å². The normalized spacial score (nSPS) is 12.8. The molecule has 1 aromatic rings. The van der Waals surface area contributed by atoms with Crippen LogP contribution in [0.15, 0.2) is 24.3 Å². The van der Waals surface area contributed by atoms with Crippen LogP contribution in [0.5, 0.6) is 0 Å². The summed E-state index contributed by atoms with van der Waals surface area (Å²) < 4.78 is 0. The van der Waals surface area contributed by atoms with Gasteiger partial charge < -0.3 is 10.4 Å². The predicted octanol–water partition coefficient (Wildman–Crippen LogP) is 1.89. The quantitative estimate of drug-likeness (QED) is 0.748. The fourth-order valence-electron chi connectivity index (χ4n) is 1.72. The molecule has 78 valence electrons. The number of likely N-dealkylation sites (N-methyl/N-ethyl adjacent to an activating group) is 1. The van der Waals surface area contributed by atoms with Gasteiger partial charge in [-0.2, -0.15) is 0 Å². The van der Waals surface area contributed by atoms with Gasteiger partial charge >= 0.3 is 0 Å². The van der Waals surface area contributed by atoms with Crippen LogP contribution in [0.4, 0.5) is 0 Å². The summed E-state index contributed by atoms with van der Waals surface area (Å²) in [7, 11) is 0. The summed E-state index contributed by atoms with van der Waals surface area (Å²) in [6.45, 7) is 5.23. The van der Waals surface area contributed by atoms with Crippen molar-refractivity contribution in [1.82, 2.24) is 5.32 Å². The van der Waals surface area contributed by atoms with Gasteiger partial charge in [0.1, 0.15) is 0 Å². The Morgan fingerprint density at radius 3 is 2.57 bits per heavy atom. The van der Waals surface area contributed by atoms with Crippen molar-refractivity contribution >= 4 is 0 Å². The number of aryl methyl sites for hydroxylation is 1. The average Bonchev–Trinajstić information content (AvgIpc) is 2.26. The highest BCUT2D eigenvalue weighted by molar-refractivity contribution is 5.30. The average molecular weight is 193 g/mol. The molecule has 1 rings (SSSR count). The van der Waals surface area contributed by atoms with Gasteiger partial charge in [0, 0.05) is 0 Å². The molecule has 0 aliphatic carbocycles. The third-order valence-electron chi connectivity index (χ3n) is 2.44. The summed E-state index contributed by atoms with van der Waals surface area (Å²) >= 11 is 0. The second-order valence-corrected chi connectivity index (χ2v) is 3.35. The van der Waals surface area contributed by atoms with Gasteiger partial charge in [0.15, 0.2) is 0 Å². The lowest BCUT2D eigenvalue weighted by atomic mass is 9.99. The van der Waals surface area contributed by atoms with E-state index < -0.39 is 0 Å². The number of hydrogen-bond donors (Lipinski definition) is 2. The van der Waals surface area contributed by atoms with E-state index in [0.29, 0.717) is 0 Å². The minimum atomic E-state index is 0.0798. The fraction of sp³-hybridized carbons (Fsp3) is 0.500. The maximum Gasteiger partial charge on any atom is 0.0626 e. The molecule has 0 bridgehead atoms. The molecule has 1 unspecified atom stereocenters. The van der Waals surface area contributed by atoms with E-state index in [1.54, 1.807) is 0 Å². The standard InChI is InChI=1S/C12H19NO/c1-3-10-7-5-6-8-11(10)12(9-14)13-4-2/h5-8,12-14H,3-4,9H2,1-2H3. The highest BCUT2D eigenvalue weighted by Crippen LogP contribution is 2.17. The van der Waals surface area contributed by atoms with E-state index in [1.165, 1.54) is 11.1 Å². The van der Waals surface area contributed by atoms with Crippen LogP contribution < -0.4 is 5.32 Å². The summed E-state index contributed by atoms with van der Waals surface area (Å²) in [5.74, 6) is 0. The van der Waals surface area contributed by atoms with Crippen LogP contribution in [0.1, 0.15) is 31.0 Å². The van der Waals surface area contributed by atoms with Gasteiger partial charge in [-0.25, -0.2) is 0 Å². The Bertz CT molecular complexity index is 273. The van der Waals surface area contributed by atoms with E-state index in [0.717, 1.165) is 13.0 Å². The number of benzene rings is 1. The van der Waals surface area contributed by atoms with Gasteiger partial charge in [-0.1, -0.05) is 38.1 Å². The third-order valence-corrected chi connectivity index (χ3v) is 2.44. The molecule has 0 aliphatic rings. The van der Waals surface area contributed by atoms with Crippen molar-refractivity contribution in [2.45, 2.75) is 26.3 Å². The van der Waals surface area contributed by atoms with E-state index >= 15 is 0 Å². The molecule has 14 heavy (non-hydrogen) atoms. The molecule has 0 aromatic heterocycles. The fourth-order valence-corrected chi connectivity index (χ4v) is 1.72. The summed E-state index contributed by atoms with van der Waals surface area (Å²) in [5, 5.41) is 12.5. The molecule has 1 aromatic carbocycles. The molecule has 0 amide bonds. The first kappa shape index (κ1) is 11.2. The van der Waals surface area contributed by atoms with Crippen molar-refractivity contribution in [3.63, 3.8) is 0 Å². The van der Waals surface area contributed by atoms with Crippen LogP contribution >= 0.6 is 0 Å². The van der Waals surface area contributed by atoms with Crippen molar-refractivity contribution in [2.75, 3.05) is 13.2 Å². The molecule has 2 N–H and O–H groups in total. The number of hydrogen-bond acceptors (Lipinski definition) is 2. The highest BCUT2D eigenvalue weighted by Gasteiger charge is 2.11. The Balaban J connectivity index is 2.90. The van der Waals surface area contributed by atoms with Gasteiger partial charge in [-0.15, -0.1) is 0 Å². The van der Waals surface area contributed by atoms with Crippen LogP contribution in [-0.2, 0) is 6.42 Å². The third kappa shape index (κ3) is 2.56. The molecule has 0 saturated carbocycles. The Kier molecular flexibility index (Phi) is 4.63. The first-order valence-corrected chi connectivity index (χ1v) is 5.25. The molecule has 0 fully saturated rings. The van der Waals surface area contributed by atoms with E-state index in [4.69, 9.17) is 0 Å². The van der Waals surface area contributed by atoms with E-state index in [9.17, 15) is 5.11 Å². The molecular formula is C12H19NO. The van der Waals surface area contributed by atoms with Gasteiger partial charge in [0.2, 0.25) is 0 Å². The van der Waals surface area contributed by atoms with E-state index in [1.807, 2.05) is 12.1 Å². The number of aliphatic hydroxyl groups excluding tert-OH is 1.